The first-order chi connectivity index (χ1) is 11.3. The summed E-state index contributed by atoms with van der Waals surface area (Å²) in [5, 5.41) is 11.8. The maximum absolute atomic E-state index is 12.3. The molecule has 0 aromatic heterocycles. The number of carbonyl (C=O) groups excluding carboxylic acids is 2. The number of hydrogen-bond acceptors (Lipinski definition) is 4. The smallest absolute Gasteiger partial charge is 0.335 e. The third kappa shape index (κ3) is 3.17. The van der Waals surface area contributed by atoms with Gasteiger partial charge in [-0.25, -0.2) is 4.79 Å². The highest BCUT2D eigenvalue weighted by molar-refractivity contribution is 9.10. The third-order valence-electron chi connectivity index (χ3n) is 5.04. The Morgan fingerprint density at radius 2 is 1.79 bits per heavy atom. The lowest BCUT2D eigenvalue weighted by atomic mass is 9.48. The van der Waals surface area contributed by atoms with E-state index in [9.17, 15) is 14.4 Å². The van der Waals surface area contributed by atoms with Crippen molar-refractivity contribution in [3.8, 4) is 0 Å². The largest absolute Gasteiger partial charge is 0.478 e. The number of carboxylic acid groups (broad SMARTS) is 1. The minimum absolute atomic E-state index is 0.0257. The van der Waals surface area contributed by atoms with Crippen LogP contribution in [0.1, 0.15) is 36.0 Å². The summed E-state index contributed by atoms with van der Waals surface area (Å²) in [4.78, 5) is 34.8. The average Bonchev–Trinajstić information content (AvgIpc) is 2.43. The number of carbonyl (C=O) groups is 3. The molecule has 1 aromatic carbocycles. The van der Waals surface area contributed by atoms with E-state index in [1.165, 1.54) is 19.2 Å². The number of benzene rings is 1. The quantitative estimate of drug-likeness (QED) is 0.764. The predicted molar refractivity (Wildman–Crippen MR) is 89.6 cm³/mol. The molecular weight excluding hydrogens is 378 g/mol. The summed E-state index contributed by atoms with van der Waals surface area (Å²) in [6.45, 7) is 0. The predicted octanol–water partition coefficient (Wildman–Crippen LogP) is 3.07. The zero-order chi connectivity index (χ0) is 17.5. The summed E-state index contributed by atoms with van der Waals surface area (Å²) in [5.74, 6) is -1.42. The Balaban J connectivity index is 1.55. The second-order valence-electron chi connectivity index (χ2n) is 6.76. The van der Waals surface area contributed by atoms with Crippen molar-refractivity contribution in [2.45, 2.75) is 25.7 Å². The standard InChI is InChI=1S/C17H18BrNO5/c1-24-16(23)11-7-17(8-11)5-10(6-17)14(20)19-13-3-9(15(21)22)2-12(18)4-13/h2-4,10-11H,5-8H2,1H3,(H,19,20)(H,21,22). The van der Waals surface area contributed by atoms with Crippen LogP contribution in [-0.4, -0.2) is 30.1 Å². The zero-order valence-electron chi connectivity index (χ0n) is 13.2. The van der Waals surface area contributed by atoms with E-state index < -0.39 is 5.97 Å². The second-order valence-corrected chi connectivity index (χ2v) is 7.67. The molecule has 0 atom stereocenters. The van der Waals surface area contributed by atoms with Gasteiger partial charge in [-0.05, 0) is 49.3 Å². The van der Waals surface area contributed by atoms with Crippen molar-refractivity contribution in [3.05, 3.63) is 28.2 Å². The Morgan fingerprint density at radius 1 is 1.17 bits per heavy atom. The van der Waals surface area contributed by atoms with Gasteiger partial charge in [-0.1, -0.05) is 15.9 Å². The fourth-order valence-corrected chi connectivity index (χ4v) is 4.35. The molecule has 1 spiro atoms. The van der Waals surface area contributed by atoms with Gasteiger partial charge in [-0.2, -0.15) is 0 Å². The topological polar surface area (TPSA) is 92.7 Å². The molecule has 0 radical (unpaired) electrons. The van der Waals surface area contributed by atoms with Gasteiger partial charge in [0.2, 0.25) is 5.91 Å². The molecule has 6 nitrogen and oxygen atoms in total. The lowest BCUT2D eigenvalue weighted by molar-refractivity contribution is -0.163. The minimum Gasteiger partial charge on any atom is -0.478 e. The maximum Gasteiger partial charge on any atom is 0.335 e. The van der Waals surface area contributed by atoms with Crippen LogP contribution in [0.2, 0.25) is 0 Å². The third-order valence-corrected chi connectivity index (χ3v) is 5.49. The molecule has 2 aliphatic rings. The van der Waals surface area contributed by atoms with Crippen molar-refractivity contribution in [1.29, 1.82) is 0 Å². The first kappa shape index (κ1) is 17.0. The van der Waals surface area contributed by atoms with Crippen molar-refractivity contribution >= 4 is 39.5 Å². The highest BCUT2D eigenvalue weighted by Gasteiger charge is 2.56. The van der Waals surface area contributed by atoms with Gasteiger partial charge in [0.25, 0.3) is 0 Å². The highest BCUT2D eigenvalue weighted by Crippen LogP contribution is 2.61. The lowest BCUT2D eigenvalue weighted by Crippen LogP contribution is -2.52. The molecule has 1 amide bonds. The van der Waals surface area contributed by atoms with Gasteiger partial charge >= 0.3 is 11.9 Å². The van der Waals surface area contributed by atoms with Gasteiger partial charge in [0.05, 0.1) is 18.6 Å². The monoisotopic (exact) mass is 395 g/mol. The summed E-state index contributed by atoms with van der Waals surface area (Å²) in [6, 6.07) is 4.60. The molecule has 0 unspecified atom stereocenters. The number of methoxy groups -OCH3 is 1. The molecule has 128 valence electrons. The molecule has 2 fully saturated rings. The molecule has 3 rings (SSSR count). The molecule has 24 heavy (non-hydrogen) atoms. The number of aromatic carboxylic acids is 1. The Labute approximate surface area is 147 Å². The van der Waals surface area contributed by atoms with Crippen LogP contribution < -0.4 is 5.32 Å². The van der Waals surface area contributed by atoms with Crippen molar-refractivity contribution in [2.24, 2.45) is 17.3 Å². The van der Waals surface area contributed by atoms with Crippen LogP contribution in [0, 0.1) is 17.3 Å². The van der Waals surface area contributed by atoms with Crippen molar-refractivity contribution in [3.63, 3.8) is 0 Å². The first-order valence-corrected chi connectivity index (χ1v) is 8.54. The molecule has 0 aliphatic heterocycles. The lowest BCUT2D eigenvalue weighted by Gasteiger charge is -2.56. The van der Waals surface area contributed by atoms with Crippen LogP contribution in [-0.2, 0) is 14.3 Å². The van der Waals surface area contributed by atoms with E-state index in [0.29, 0.717) is 10.2 Å². The summed E-state index contributed by atoms with van der Waals surface area (Å²) < 4.78 is 5.34. The summed E-state index contributed by atoms with van der Waals surface area (Å²) in [7, 11) is 1.40. The van der Waals surface area contributed by atoms with Gasteiger partial charge in [0.15, 0.2) is 0 Å². The van der Waals surface area contributed by atoms with E-state index in [4.69, 9.17) is 9.84 Å². The van der Waals surface area contributed by atoms with Gasteiger partial charge in [0.1, 0.15) is 0 Å². The Hall–Kier alpha value is -1.89. The molecule has 0 heterocycles. The van der Waals surface area contributed by atoms with Crippen LogP contribution in [0.15, 0.2) is 22.7 Å². The Bertz CT molecular complexity index is 703. The molecule has 7 heteroatoms. The maximum atomic E-state index is 12.3. The second kappa shape index (κ2) is 6.20. The van der Waals surface area contributed by atoms with Gasteiger partial charge in [-0.15, -0.1) is 0 Å². The molecule has 0 saturated heterocycles. The molecular formula is C17H18BrNO5. The number of hydrogen-bond donors (Lipinski definition) is 2. The number of anilines is 1. The van der Waals surface area contributed by atoms with Gasteiger partial charge < -0.3 is 15.2 Å². The van der Waals surface area contributed by atoms with E-state index in [1.54, 1.807) is 6.07 Å². The van der Waals surface area contributed by atoms with Crippen molar-refractivity contribution in [1.82, 2.24) is 0 Å². The van der Waals surface area contributed by atoms with Crippen LogP contribution in [0.4, 0.5) is 5.69 Å². The molecule has 2 saturated carbocycles. The van der Waals surface area contributed by atoms with E-state index in [1.807, 2.05) is 0 Å². The number of amides is 1. The van der Waals surface area contributed by atoms with E-state index in [0.717, 1.165) is 25.7 Å². The number of ether oxygens (including phenoxy) is 1. The zero-order valence-corrected chi connectivity index (χ0v) is 14.8. The number of halogens is 1. The summed E-state index contributed by atoms with van der Waals surface area (Å²) in [5.41, 5.74) is 0.697. The number of rotatable bonds is 4. The fourth-order valence-electron chi connectivity index (χ4n) is 3.85. The van der Waals surface area contributed by atoms with E-state index >= 15 is 0 Å². The van der Waals surface area contributed by atoms with E-state index in [2.05, 4.69) is 21.2 Å². The first-order valence-electron chi connectivity index (χ1n) is 7.74. The average molecular weight is 396 g/mol. The normalized spacial score (nSPS) is 27.8. The van der Waals surface area contributed by atoms with Crippen molar-refractivity contribution in [2.75, 3.05) is 12.4 Å². The molecule has 2 N–H and O–H groups in total. The van der Waals surface area contributed by atoms with Crippen LogP contribution in [0.3, 0.4) is 0 Å². The SMILES string of the molecule is COC(=O)C1CC2(CC(C(=O)Nc3cc(Br)cc(C(=O)O)c3)C2)C1. The molecule has 0 bridgehead atoms. The van der Waals surface area contributed by atoms with Crippen molar-refractivity contribution < 1.29 is 24.2 Å². The van der Waals surface area contributed by atoms with Gasteiger partial charge in [0, 0.05) is 16.1 Å². The number of esters is 1. The van der Waals surface area contributed by atoms with Crippen LogP contribution in [0.5, 0.6) is 0 Å². The Kier molecular flexibility index (Phi) is 4.38. The summed E-state index contributed by atoms with van der Waals surface area (Å²) in [6.07, 6.45) is 3.13. The molecule has 2 aliphatic carbocycles. The fraction of sp³-hybridized carbons (Fsp3) is 0.471. The summed E-state index contributed by atoms with van der Waals surface area (Å²) >= 11 is 3.25. The van der Waals surface area contributed by atoms with Crippen LogP contribution >= 0.6 is 15.9 Å². The van der Waals surface area contributed by atoms with E-state index in [-0.39, 0.29) is 34.7 Å². The van der Waals surface area contributed by atoms with Gasteiger partial charge in [-0.3, -0.25) is 9.59 Å². The minimum atomic E-state index is -1.04. The number of carboxylic acids is 1. The number of nitrogens with one attached hydrogen (secondary N) is 1. The Morgan fingerprint density at radius 3 is 2.38 bits per heavy atom. The molecule has 1 aromatic rings. The highest BCUT2D eigenvalue weighted by atomic mass is 79.9. The van der Waals surface area contributed by atoms with Crippen LogP contribution in [0.25, 0.3) is 0 Å².